The number of nitrogens with zero attached hydrogens (tertiary/aromatic N) is 1. The maximum atomic E-state index is 5.43. The molecule has 0 bridgehead atoms. The second kappa shape index (κ2) is 3.11. The summed E-state index contributed by atoms with van der Waals surface area (Å²) in [6.07, 6.45) is 0. The van der Waals surface area contributed by atoms with E-state index in [0.717, 1.165) is 16.0 Å². The number of hydrogen-bond donors (Lipinski definition) is 0. The Morgan fingerprint density at radius 3 is 3.33 bits per heavy atom. The van der Waals surface area contributed by atoms with Crippen molar-refractivity contribution < 1.29 is 4.74 Å². The van der Waals surface area contributed by atoms with Crippen molar-refractivity contribution in [1.29, 1.82) is 0 Å². The summed E-state index contributed by atoms with van der Waals surface area (Å²) in [5, 5.41) is 0. The Labute approximate surface area is 74.8 Å². The van der Waals surface area contributed by atoms with Crippen LogP contribution < -0.4 is 4.74 Å². The molecule has 1 heterocycles. The molecule has 0 saturated heterocycles. The normalized spacial score (nSPS) is 10.4. The fourth-order valence-corrected chi connectivity index (χ4v) is 1.76. The van der Waals surface area contributed by atoms with Crippen LogP contribution in [0.25, 0.3) is 10.2 Å². The summed E-state index contributed by atoms with van der Waals surface area (Å²) in [5.74, 6) is 0.911. The van der Waals surface area contributed by atoms with Gasteiger partial charge in [-0.05, 0) is 19.1 Å². The lowest BCUT2D eigenvalue weighted by Gasteiger charge is -2.01. The molecule has 3 heteroatoms. The largest absolute Gasteiger partial charge is 0.492 e. The molecular formula is C9H8NOS. The van der Waals surface area contributed by atoms with Gasteiger partial charge in [0.25, 0.3) is 0 Å². The molecule has 1 aromatic carbocycles. The van der Waals surface area contributed by atoms with Crippen LogP contribution in [0, 0.1) is 5.51 Å². The van der Waals surface area contributed by atoms with E-state index < -0.39 is 0 Å². The van der Waals surface area contributed by atoms with Crippen molar-refractivity contribution in [3.05, 3.63) is 23.7 Å². The molecule has 0 amide bonds. The second-order valence-corrected chi connectivity index (χ2v) is 3.14. The SMILES string of the molecule is CCOc1cccc2n[c]sc12. The minimum Gasteiger partial charge on any atom is -0.492 e. The van der Waals surface area contributed by atoms with Gasteiger partial charge in [-0.1, -0.05) is 6.07 Å². The predicted octanol–water partition coefficient (Wildman–Crippen LogP) is 2.50. The molecule has 0 N–H and O–H groups in total. The van der Waals surface area contributed by atoms with E-state index in [0.29, 0.717) is 6.61 Å². The molecule has 0 aliphatic heterocycles. The molecule has 2 nitrogen and oxygen atoms in total. The number of ether oxygens (including phenoxy) is 1. The van der Waals surface area contributed by atoms with Crippen molar-refractivity contribution in [3.8, 4) is 5.75 Å². The third-order valence-corrected chi connectivity index (χ3v) is 2.37. The van der Waals surface area contributed by atoms with Gasteiger partial charge in [0.15, 0.2) is 5.51 Å². The number of rotatable bonds is 2. The van der Waals surface area contributed by atoms with Crippen molar-refractivity contribution in [2.45, 2.75) is 6.92 Å². The van der Waals surface area contributed by atoms with Gasteiger partial charge in [-0.3, -0.25) is 0 Å². The molecule has 0 spiro atoms. The third-order valence-electron chi connectivity index (χ3n) is 1.57. The lowest BCUT2D eigenvalue weighted by molar-refractivity contribution is 0.345. The van der Waals surface area contributed by atoms with Gasteiger partial charge in [-0.2, -0.15) is 0 Å². The average molecular weight is 178 g/mol. The van der Waals surface area contributed by atoms with E-state index in [4.69, 9.17) is 4.74 Å². The molecule has 2 aromatic rings. The van der Waals surface area contributed by atoms with Crippen LogP contribution in [0.5, 0.6) is 5.75 Å². The summed E-state index contributed by atoms with van der Waals surface area (Å²) in [6.45, 7) is 2.67. The highest BCUT2D eigenvalue weighted by molar-refractivity contribution is 7.16. The summed E-state index contributed by atoms with van der Waals surface area (Å²) in [4.78, 5) is 4.08. The lowest BCUT2D eigenvalue weighted by atomic mass is 10.3. The van der Waals surface area contributed by atoms with Gasteiger partial charge in [-0.15, -0.1) is 11.3 Å². The van der Waals surface area contributed by atoms with E-state index in [1.807, 2.05) is 25.1 Å². The third kappa shape index (κ3) is 1.16. The van der Waals surface area contributed by atoms with E-state index >= 15 is 0 Å². The van der Waals surface area contributed by atoms with Gasteiger partial charge < -0.3 is 4.74 Å². The van der Waals surface area contributed by atoms with Crippen LogP contribution >= 0.6 is 11.3 Å². The zero-order valence-corrected chi connectivity index (χ0v) is 7.52. The first-order chi connectivity index (χ1) is 5.92. The Kier molecular flexibility index (Phi) is 1.96. The van der Waals surface area contributed by atoms with Crippen LogP contribution in [0.1, 0.15) is 6.92 Å². The summed E-state index contributed by atoms with van der Waals surface area (Å²) < 4.78 is 6.51. The monoisotopic (exact) mass is 178 g/mol. The zero-order chi connectivity index (χ0) is 8.39. The molecule has 0 atom stereocenters. The molecule has 61 valence electrons. The van der Waals surface area contributed by atoms with Crippen LogP contribution in [0.2, 0.25) is 0 Å². The van der Waals surface area contributed by atoms with Gasteiger partial charge >= 0.3 is 0 Å². The Morgan fingerprint density at radius 2 is 2.50 bits per heavy atom. The van der Waals surface area contributed by atoms with Crippen molar-refractivity contribution in [2.75, 3.05) is 6.61 Å². The molecular weight excluding hydrogens is 170 g/mol. The van der Waals surface area contributed by atoms with E-state index in [-0.39, 0.29) is 0 Å². The van der Waals surface area contributed by atoms with E-state index in [1.165, 1.54) is 11.3 Å². The van der Waals surface area contributed by atoms with Crippen LogP contribution in [-0.4, -0.2) is 11.6 Å². The number of fused-ring (bicyclic) bond motifs is 1. The molecule has 2 rings (SSSR count). The van der Waals surface area contributed by atoms with E-state index in [9.17, 15) is 0 Å². The highest BCUT2D eigenvalue weighted by Crippen LogP contribution is 2.27. The van der Waals surface area contributed by atoms with Crippen molar-refractivity contribution in [2.24, 2.45) is 0 Å². The van der Waals surface area contributed by atoms with Crippen molar-refractivity contribution in [3.63, 3.8) is 0 Å². The minimum atomic E-state index is 0.691. The number of benzene rings is 1. The quantitative estimate of drug-likeness (QED) is 0.704. The molecule has 0 saturated carbocycles. The molecule has 0 aliphatic rings. The average Bonchev–Trinajstić information content (AvgIpc) is 2.53. The Hall–Kier alpha value is -1.09. The highest BCUT2D eigenvalue weighted by Gasteiger charge is 2.02. The van der Waals surface area contributed by atoms with Gasteiger partial charge in [0.05, 0.1) is 16.8 Å². The lowest BCUT2D eigenvalue weighted by Crippen LogP contribution is -1.90. The fourth-order valence-electron chi connectivity index (χ4n) is 1.08. The van der Waals surface area contributed by atoms with Crippen molar-refractivity contribution in [1.82, 2.24) is 4.98 Å². The Morgan fingerprint density at radius 1 is 1.58 bits per heavy atom. The zero-order valence-electron chi connectivity index (χ0n) is 6.70. The first-order valence-corrected chi connectivity index (χ1v) is 4.62. The van der Waals surface area contributed by atoms with Gasteiger partial charge in [0.2, 0.25) is 0 Å². The molecule has 1 radical (unpaired) electrons. The van der Waals surface area contributed by atoms with Crippen LogP contribution in [0.15, 0.2) is 18.2 Å². The van der Waals surface area contributed by atoms with Crippen LogP contribution in [-0.2, 0) is 0 Å². The smallest absolute Gasteiger partial charge is 0.153 e. The number of hydrogen-bond acceptors (Lipinski definition) is 3. The fraction of sp³-hybridized carbons (Fsp3) is 0.222. The standard InChI is InChI=1S/C9H8NOS/c1-2-11-8-5-3-4-7-9(8)12-6-10-7/h3-5H,2H2,1H3. The summed E-state index contributed by atoms with van der Waals surface area (Å²) in [6, 6.07) is 5.86. The summed E-state index contributed by atoms with van der Waals surface area (Å²) >= 11 is 1.49. The minimum absolute atomic E-state index is 0.691. The first kappa shape index (κ1) is 7.55. The number of aromatic nitrogens is 1. The second-order valence-electron chi connectivity index (χ2n) is 2.34. The molecule has 0 fully saturated rings. The van der Waals surface area contributed by atoms with Gasteiger partial charge in [-0.25, -0.2) is 4.98 Å². The van der Waals surface area contributed by atoms with Crippen LogP contribution in [0.4, 0.5) is 0 Å². The Balaban J connectivity index is 2.57. The van der Waals surface area contributed by atoms with Crippen molar-refractivity contribution >= 4 is 21.6 Å². The van der Waals surface area contributed by atoms with Gasteiger partial charge in [0.1, 0.15) is 5.75 Å². The maximum absolute atomic E-state index is 5.43. The van der Waals surface area contributed by atoms with Gasteiger partial charge in [0, 0.05) is 0 Å². The summed E-state index contributed by atoms with van der Waals surface area (Å²) in [7, 11) is 0. The molecule has 1 aromatic heterocycles. The Bertz CT molecular complexity index is 383. The molecule has 0 aliphatic carbocycles. The number of thiazole rings is 1. The van der Waals surface area contributed by atoms with E-state index in [1.54, 1.807) is 0 Å². The molecule has 0 unspecified atom stereocenters. The maximum Gasteiger partial charge on any atom is 0.153 e. The highest BCUT2D eigenvalue weighted by atomic mass is 32.1. The first-order valence-electron chi connectivity index (χ1n) is 3.80. The topological polar surface area (TPSA) is 22.1 Å². The summed E-state index contributed by atoms with van der Waals surface area (Å²) in [5.41, 5.74) is 3.81. The molecule has 12 heavy (non-hydrogen) atoms. The van der Waals surface area contributed by atoms with E-state index in [2.05, 4.69) is 10.5 Å². The van der Waals surface area contributed by atoms with Crippen LogP contribution in [0.3, 0.4) is 0 Å². The predicted molar refractivity (Wildman–Crippen MR) is 49.6 cm³/mol.